The third-order valence-electron chi connectivity index (χ3n) is 2.60. The Labute approximate surface area is 83.5 Å². The van der Waals surface area contributed by atoms with E-state index in [0.29, 0.717) is 12.5 Å². The van der Waals surface area contributed by atoms with Crippen LogP contribution in [0.25, 0.3) is 0 Å². The quantitative estimate of drug-likeness (QED) is 0.746. The summed E-state index contributed by atoms with van der Waals surface area (Å²) in [6.07, 6.45) is 0. The zero-order valence-corrected chi connectivity index (χ0v) is 8.02. The van der Waals surface area contributed by atoms with E-state index in [1.54, 1.807) is 0 Å². The summed E-state index contributed by atoms with van der Waals surface area (Å²) in [7, 11) is 0. The molecular weight excluding hydrogens is 176 g/mol. The Morgan fingerprint density at radius 2 is 2.00 bits per heavy atom. The van der Waals surface area contributed by atoms with E-state index in [9.17, 15) is 4.79 Å². The molecule has 2 N–H and O–H groups in total. The van der Waals surface area contributed by atoms with Gasteiger partial charge in [0.1, 0.15) is 0 Å². The maximum absolute atomic E-state index is 11.8. The van der Waals surface area contributed by atoms with Crippen molar-refractivity contribution >= 4 is 5.91 Å². The van der Waals surface area contributed by atoms with Crippen LogP contribution in [0.2, 0.25) is 0 Å². The topological polar surface area (TPSA) is 46.3 Å². The largest absolute Gasteiger partial charge is 0.338 e. The smallest absolute Gasteiger partial charge is 0.253 e. The van der Waals surface area contributed by atoms with Crippen LogP contribution >= 0.6 is 0 Å². The van der Waals surface area contributed by atoms with E-state index in [1.165, 1.54) is 0 Å². The maximum atomic E-state index is 11.8. The zero-order chi connectivity index (χ0) is 9.97. The van der Waals surface area contributed by atoms with Crippen LogP contribution in [0.5, 0.6) is 0 Å². The van der Waals surface area contributed by atoms with E-state index in [2.05, 4.69) is 0 Å². The van der Waals surface area contributed by atoms with Gasteiger partial charge in [0, 0.05) is 24.6 Å². The van der Waals surface area contributed by atoms with Crippen LogP contribution in [-0.4, -0.2) is 30.4 Å². The molecule has 1 fully saturated rings. The first kappa shape index (κ1) is 9.21. The summed E-state index contributed by atoms with van der Waals surface area (Å²) in [5.74, 6) is 0.623. The third-order valence-corrected chi connectivity index (χ3v) is 2.60. The van der Waals surface area contributed by atoms with E-state index in [-0.39, 0.29) is 5.91 Å². The minimum Gasteiger partial charge on any atom is -0.338 e. The van der Waals surface area contributed by atoms with Crippen LogP contribution in [0, 0.1) is 5.92 Å². The van der Waals surface area contributed by atoms with Crippen LogP contribution in [0.3, 0.4) is 0 Å². The van der Waals surface area contributed by atoms with Crippen molar-refractivity contribution in [2.45, 2.75) is 0 Å². The molecule has 2 rings (SSSR count). The molecule has 1 heterocycles. The molecule has 3 heteroatoms. The van der Waals surface area contributed by atoms with Gasteiger partial charge in [-0.25, -0.2) is 0 Å². The van der Waals surface area contributed by atoms with Crippen molar-refractivity contribution in [1.82, 2.24) is 4.90 Å². The van der Waals surface area contributed by atoms with Gasteiger partial charge in [0.15, 0.2) is 0 Å². The summed E-state index contributed by atoms with van der Waals surface area (Å²) in [4.78, 5) is 13.6. The van der Waals surface area contributed by atoms with Gasteiger partial charge < -0.3 is 10.6 Å². The molecule has 1 aromatic carbocycles. The molecule has 0 unspecified atom stereocenters. The fourth-order valence-electron chi connectivity index (χ4n) is 1.65. The molecule has 0 spiro atoms. The van der Waals surface area contributed by atoms with Crippen molar-refractivity contribution in [3.63, 3.8) is 0 Å². The van der Waals surface area contributed by atoms with E-state index < -0.39 is 0 Å². The number of rotatable bonds is 2. The number of carbonyl (C=O) groups is 1. The van der Waals surface area contributed by atoms with Gasteiger partial charge in [-0.1, -0.05) is 18.2 Å². The van der Waals surface area contributed by atoms with Gasteiger partial charge in [-0.2, -0.15) is 0 Å². The number of hydrogen-bond acceptors (Lipinski definition) is 2. The molecule has 0 aromatic heterocycles. The second kappa shape index (κ2) is 3.80. The average Bonchev–Trinajstić information content (AvgIpc) is 2.17. The van der Waals surface area contributed by atoms with Crippen LogP contribution in [0.15, 0.2) is 30.3 Å². The van der Waals surface area contributed by atoms with Crippen molar-refractivity contribution in [1.29, 1.82) is 0 Å². The minimum absolute atomic E-state index is 0.121. The first-order valence-electron chi connectivity index (χ1n) is 4.85. The zero-order valence-electron chi connectivity index (χ0n) is 8.02. The van der Waals surface area contributed by atoms with E-state index in [0.717, 1.165) is 18.7 Å². The van der Waals surface area contributed by atoms with Crippen LogP contribution < -0.4 is 5.73 Å². The Hall–Kier alpha value is -1.35. The number of amides is 1. The van der Waals surface area contributed by atoms with Gasteiger partial charge in [0.2, 0.25) is 0 Å². The molecule has 3 nitrogen and oxygen atoms in total. The van der Waals surface area contributed by atoms with Crippen LogP contribution in [0.4, 0.5) is 0 Å². The maximum Gasteiger partial charge on any atom is 0.253 e. The Morgan fingerprint density at radius 3 is 2.57 bits per heavy atom. The lowest BCUT2D eigenvalue weighted by Crippen LogP contribution is -2.52. The number of hydrogen-bond donors (Lipinski definition) is 1. The number of nitrogens with zero attached hydrogens (tertiary/aromatic N) is 1. The molecule has 1 amide bonds. The predicted octanol–water partition coefficient (Wildman–Crippen LogP) is 0.717. The lowest BCUT2D eigenvalue weighted by atomic mass is 9.99. The molecule has 0 aliphatic carbocycles. The highest BCUT2D eigenvalue weighted by molar-refractivity contribution is 5.94. The van der Waals surface area contributed by atoms with Crippen LogP contribution in [0.1, 0.15) is 10.4 Å². The van der Waals surface area contributed by atoms with Crippen molar-refractivity contribution < 1.29 is 4.79 Å². The Balaban J connectivity index is 1.98. The summed E-state index contributed by atoms with van der Waals surface area (Å²) in [5, 5.41) is 0. The SMILES string of the molecule is NCC1CN(C(=O)c2ccccc2)C1. The number of benzene rings is 1. The Bertz CT molecular complexity index is 317. The lowest BCUT2D eigenvalue weighted by molar-refractivity contribution is 0.0515. The molecule has 1 aliphatic heterocycles. The molecule has 1 aliphatic rings. The summed E-state index contributed by atoms with van der Waals surface area (Å²) in [6.45, 7) is 2.30. The monoisotopic (exact) mass is 190 g/mol. The fourth-order valence-corrected chi connectivity index (χ4v) is 1.65. The second-order valence-corrected chi connectivity index (χ2v) is 3.68. The summed E-state index contributed by atoms with van der Waals surface area (Å²) in [6, 6.07) is 9.37. The van der Waals surface area contributed by atoms with Crippen molar-refractivity contribution in [2.24, 2.45) is 11.7 Å². The van der Waals surface area contributed by atoms with Gasteiger partial charge in [0.05, 0.1) is 0 Å². The highest BCUT2D eigenvalue weighted by atomic mass is 16.2. The first-order valence-corrected chi connectivity index (χ1v) is 4.85. The second-order valence-electron chi connectivity index (χ2n) is 3.68. The number of nitrogens with two attached hydrogens (primary N) is 1. The van der Waals surface area contributed by atoms with Crippen molar-refractivity contribution in [3.8, 4) is 0 Å². The van der Waals surface area contributed by atoms with Gasteiger partial charge in [0.25, 0.3) is 5.91 Å². The van der Waals surface area contributed by atoms with Gasteiger partial charge in [-0.05, 0) is 18.7 Å². The standard InChI is InChI=1S/C11H14N2O/c12-6-9-7-13(8-9)11(14)10-4-2-1-3-5-10/h1-5,9H,6-8,12H2. The average molecular weight is 190 g/mol. The number of likely N-dealkylation sites (tertiary alicyclic amines) is 1. The molecule has 0 saturated carbocycles. The normalized spacial score (nSPS) is 16.5. The molecule has 74 valence electrons. The minimum atomic E-state index is 0.121. The van der Waals surface area contributed by atoms with E-state index >= 15 is 0 Å². The molecule has 0 atom stereocenters. The van der Waals surface area contributed by atoms with Gasteiger partial charge in [-0.15, -0.1) is 0 Å². The molecular formula is C11H14N2O. The van der Waals surface area contributed by atoms with Gasteiger partial charge in [-0.3, -0.25) is 4.79 Å². The fraction of sp³-hybridized carbons (Fsp3) is 0.364. The molecule has 0 radical (unpaired) electrons. The van der Waals surface area contributed by atoms with Crippen molar-refractivity contribution in [3.05, 3.63) is 35.9 Å². The van der Waals surface area contributed by atoms with Crippen molar-refractivity contribution in [2.75, 3.05) is 19.6 Å². The van der Waals surface area contributed by atoms with E-state index in [1.807, 2.05) is 35.2 Å². The molecule has 1 aromatic rings. The lowest BCUT2D eigenvalue weighted by Gasteiger charge is -2.38. The third kappa shape index (κ3) is 1.63. The van der Waals surface area contributed by atoms with Gasteiger partial charge >= 0.3 is 0 Å². The molecule has 0 bridgehead atoms. The Morgan fingerprint density at radius 1 is 1.36 bits per heavy atom. The molecule has 1 saturated heterocycles. The van der Waals surface area contributed by atoms with E-state index in [4.69, 9.17) is 5.73 Å². The molecule has 14 heavy (non-hydrogen) atoms. The predicted molar refractivity (Wildman–Crippen MR) is 54.9 cm³/mol. The first-order chi connectivity index (χ1) is 6.81. The summed E-state index contributed by atoms with van der Waals surface area (Å²) < 4.78 is 0. The highest BCUT2D eigenvalue weighted by Crippen LogP contribution is 2.17. The Kier molecular flexibility index (Phi) is 2.50. The van der Waals surface area contributed by atoms with Crippen LogP contribution in [-0.2, 0) is 0 Å². The highest BCUT2D eigenvalue weighted by Gasteiger charge is 2.29. The summed E-state index contributed by atoms with van der Waals surface area (Å²) >= 11 is 0. The number of carbonyl (C=O) groups excluding carboxylic acids is 1. The summed E-state index contributed by atoms with van der Waals surface area (Å²) in [5.41, 5.74) is 6.26.